The molecule has 0 amide bonds. The van der Waals surface area contributed by atoms with Crippen LogP contribution in [0.1, 0.15) is 26.5 Å². The first-order valence-electron chi connectivity index (χ1n) is 6.17. The third-order valence-electron chi connectivity index (χ3n) is 3.89. The highest BCUT2D eigenvalue weighted by molar-refractivity contribution is 6.18. The molecule has 1 aromatic rings. The topological polar surface area (TPSA) is 70.1 Å². The monoisotopic (exact) mass is 289 g/mol. The van der Waals surface area contributed by atoms with Gasteiger partial charge in [-0.15, -0.1) is 11.6 Å². The summed E-state index contributed by atoms with van der Waals surface area (Å²) in [6.45, 7) is 3.63. The van der Waals surface area contributed by atoms with Crippen molar-refractivity contribution in [2.24, 2.45) is 5.92 Å². The molecule has 5 nitrogen and oxygen atoms in total. The van der Waals surface area contributed by atoms with E-state index in [0.29, 0.717) is 6.42 Å². The Morgan fingerprint density at radius 2 is 2.37 bits per heavy atom. The highest BCUT2D eigenvalue weighted by atomic mass is 35.5. The van der Waals surface area contributed by atoms with Gasteiger partial charge in [-0.3, -0.25) is 4.57 Å². The van der Waals surface area contributed by atoms with Gasteiger partial charge in [0.25, 0.3) is 0 Å². The van der Waals surface area contributed by atoms with E-state index in [1.165, 1.54) is 12.3 Å². The predicted molar refractivity (Wildman–Crippen MR) is 70.8 cm³/mol. The molecule has 2 N–H and O–H groups in total. The lowest BCUT2D eigenvalue weighted by Crippen LogP contribution is -2.37. The van der Waals surface area contributed by atoms with Crippen LogP contribution in [-0.4, -0.2) is 27.2 Å². The number of ether oxygens (including phenoxy) is 1. The summed E-state index contributed by atoms with van der Waals surface area (Å²) >= 11 is 5.93. The van der Waals surface area contributed by atoms with Crippen LogP contribution in [0, 0.1) is 5.92 Å². The van der Waals surface area contributed by atoms with E-state index in [2.05, 4.69) is 4.98 Å². The molecule has 19 heavy (non-hydrogen) atoms. The summed E-state index contributed by atoms with van der Waals surface area (Å²) in [6, 6.07) is 1.44. The van der Waals surface area contributed by atoms with Gasteiger partial charge in [0.05, 0.1) is 11.5 Å². The summed E-state index contributed by atoms with van der Waals surface area (Å²) in [7, 11) is 0. The van der Waals surface area contributed by atoms with Gasteiger partial charge in [-0.25, -0.2) is 9.18 Å². The van der Waals surface area contributed by atoms with Gasteiger partial charge in [-0.1, -0.05) is 13.8 Å². The number of nitrogens with two attached hydrogens (primary N) is 1. The molecular weight excluding hydrogens is 273 g/mol. The van der Waals surface area contributed by atoms with Gasteiger partial charge in [0.15, 0.2) is 12.4 Å². The lowest BCUT2D eigenvalue weighted by Gasteiger charge is -2.29. The van der Waals surface area contributed by atoms with Gasteiger partial charge in [0, 0.05) is 12.1 Å². The Kier molecular flexibility index (Phi) is 3.82. The fourth-order valence-electron chi connectivity index (χ4n) is 2.43. The Hall–Kier alpha value is -1.14. The molecular formula is C12H17ClFN3O2. The normalized spacial score (nSPS) is 34.6. The highest BCUT2D eigenvalue weighted by Gasteiger charge is 2.52. The van der Waals surface area contributed by atoms with Gasteiger partial charge in [-0.2, -0.15) is 4.98 Å². The van der Waals surface area contributed by atoms with Crippen LogP contribution in [0.2, 0.25) is 0 Å². The minimum Gasteiger partial charge on any atom is -0.383 e. The summed E-state index contributed by atoms with van der Waals surface area (Å²) in [4.78, 5) is 15.3. The SMILES string of the molecule is CC[C@@]1(CCl)O[C@@H](n2ccc(N)nc2=O)[C@H](F)[C@@H]1C. The first-order valence-corrected chi connectivity index (χ1v) is 6.71. The lowest BCUT2D eigenvalue weighted by molar-refractivity contribution is -0.0787. The van der Waals surface area contributed by atoms with Crippen molar-refractivity contribution in [2.45, 2.75) is 38.3 Å². The molecule has 1 aliphatic rings. The fraction of sp³-hybridized carbons (Fsp3) is 0.667. The zero-order chi connectivity index (χ0) is 14.2. The second-order valence-corrected chi connectivity index (χ2v) is 5.10. The van der Waals surface area contributed by atoms with Crippen molar-refractivity contribution in [3.05, 3.63) is 22.7 Å². The van der Waals surface area contributed by atoms with Crippen molar-refractivity contribution in [2.75, 3.05) is 11.6 Å². The molecule has 2 heterocycles. The second kappa shape index (κ2) is 5.09. The van der Waals surface area contributed by atoms with Crippen molar-refractivity contribution < 1.29 is 9.13 Å². The van der Waals surface area contributed by atoms with Crippen LogP contribution < -0.4 is 11.4 Å². The van der Waals surface area contributed by atoms with Crippen LogP contribution in [0.5, 0.6) is 0 Å². The van der Waals surface area contributed by atoms with Crippen LogP contribution in [0.25, 0.3) is 0 Å². The Morgan fingerprint density at radius 1 is 1.68 bits per heavy atom. The van der Waals surface area contributed by atoms with Crippen LogP contribution in [0.3, 0.4) is 0 Å². The Labute approximate surface area is 115 Å². The zero-order valence-electron chi connectivity index (χ0n) is 10.8. The molecule has 0 radical (unpaired) electrons. The lowest BCUT2D eigenvalue weighted by atomic mass is 9.87. The molecule has 1 fully saturated rings. The number of hydrogen-bond donors (Lipinski definition) is 1. The van der Waals surface area contributed by atoms with Crippen molar-refractivity contribution in [1.82, 2.24) is 9.55 Å². The first-order chi connectivity index (χ1) is 8.95. The molecule has 4 atom stereocenters. The van der Waals surface area contributed by atoms with Crippen LogP contribution in [0.15, 0.2) is 17.1 Å². The fourth-order valence-corrected chi connectivity index (χ4v) is 2.93. The predicted octanol–water partition coefficient (Wildman–Crippen LogP) is 1.72. The van der Waals surface area contributed by atoms with E-state index < -0.39 is 29.6 Å². The first kappa shape index (κ1) is 14.3. The summed E-state index contributed by atoms with van der Waals surface area (Å²) in [5, 5.41) is 0. The molecule has 0 unspecified atom stereocenters. The van der Waals surface area contributed by atoms with Gasteiger partial charge in [-0.05, 0) is 12.5 Å². The maximum absolute atomic E-state index is 14.4. The zero-order valence-corrected chi connectivity index (χ0v) is 11.6. The van der Waals surface area contributed by atoms with Gasteiger partial charge in [0.2, 0.25) is 0 Å². The molecule has 0 aliphatic carbocycles. The smallest absolute Gasteiger partial charge is 0.351 e. The maximum Gasteiger partial charge on any atom is 0.351 e. The largest absolute Gasteiger partial charge is 0.383 e. The summed E-state index contributed by atoms with van der Waals surface area (Å²) in [6.07, 6.45) is -0.350. The van der Waals surface area contributed by atoms with E-state index in [-0.39, 0.29) is 11.7 Å². The number of aromatic nitrogens is 2. The van der Waals surface area contributed by atoms with E-state index in [1.54, 1.807) is 6.92 Å². The highest BCUT2D eigenvalue weighted by Crippen LogP contribution is 2.45. The summed E-state index contributed by atoms with van der Waals surface area (Å²) in [5.41, 5.74) is 4.03. The number of hydrogen-bond acceptors (Lipinski definition) is 4. The second-order valence-electron chi connectivity index (χ2n) is 4.84. The van der Waals surface area contributed by atoms with E-state index in [9.17, 15) is 9.18 Å². The number of nitrogens with zero attached hydrogens (tertiary/aromatic N) is 2. The van der Waals surface area contributed by atoms with Gasteiger partial charge >= 0.3 is 5.69 Å². The average molecular weight is 290 g/mol. The molecule has 1 aliphatic heterocycles. The summed E-state index contributed by atoms with van der Waals surface area (Å²) in [5.74, 6) is -0.120. The third-order valence-corrected chi connectivity index (χ3v) is 4.34. The molecule has 7 heteroatoms. The molecule has 1 aromatic heterocycles. The molecule has 2 rings (SSSR count). The minimum absolute atomic E-state index is 0.0989. The molecule has 0 bridgehead atoms. The Bertz CT molecular complexity index is 518. The van der Waals surface area contributed by atoms with Crippen molar-refractivity contribution in [3.63, 3.8) is 0 Å². The number of anilines is 1. The molecule has 0 spiro atoms. The molecule has 0 saturated carbocycles. The van der Waals surface area contributed by atoms with E-state index in [4.69, 9.17) is 22.1 Å². The number of rotatable bonds is 3. The molecule has 1 saturated heterocycles. The van der Waals surface area contributed by atoms with E-state index in [0.717, 1.165) is 4.57 Å². The minimum atomic E-state index is -1.32. The summed E-state index contributed by atoms with van der Waals surface area (Å²) < 4.78 is 21.3. The van der Waals surface area contributed by atoms with Crippen molar-refractivity contribution in [1.29, 1.82) is 0 Å². The quantitative estimate of drug-likeness (QED) is 0.860. The van der Waals surface area contributed by atoms with Crippen LogP contribution in [0.4, 0.5) is 10.2 Å². The number of nitrogen functional groups attached to an aromatic ring is 1. The maximum atomic E-state index is 14.4. The number of alkyl halides is 2. The van der Waals surface area contributed by atoms with Crippen molar-refractivity contribution in [3.8, 4) is 0 Å². The number of halogens is 2. The molecule has 106 valence electrons. The average Bonchev–Trinajstić information content (AvgIpc) is 2.64. The molecule has 0 aromatic carbocycles. The van der Waals surface area contributed by atoms with Crippen LogP contribution >= 0.6 is 11.6 Å². The van der Waals surface area contributed by atoms with Crippen molar-refractivity contribution >= 4 is 17.4 Å². The van der Waals surface area contributed by atoms with E-state index >= 15 is 0 Å². The standard InChI is InChI=1S/C12H17ClFN3O2/c1-3-12(6-13)7(2)9(14)10(19-12)17-5-4-8(15)16-11(17)18/h4-5,7,9-10H,3,6H2,1-2H3,(H2,15,16,18)/t7-,9+,10+,12-/m0/s1. The Balaban J connectivity index is 2.39. The van der Waals surface area contributed by atoms with Gasteiger partial charge < -0.3 is 10.5 Å². The Morgan fingerprint density at radius 3 is 2.84 bits per heavy atom. The van der Waals surface area contributed by atoms with E-state index in [1.807, 2.05) is 6.92 Å². The van der Waals surface area contributed by atoms with Crippen LogP contribution in [-0.2, 0) is 4.74 Å². The third kappa shape index (κ3) is 2.23. The van der Waals surface area contributed by atoms with Gasteiger partial charge in [0.1, 0.15) is 5.82 Å².